The summed E-state index contributed by atoms with van der Waals surface area (Å²) in [7, 11) is 0. The van der Waals surface area contributed by atoms with Crippen molar-refractivity contribution < 1.29 is 14.7 Å². The highest BCUT2D eigenvalue weighted by Crippen LogP contribution is 2.02. The summed E-state index contributed by atoms with van der Waals surface area (Å²) in [4.78, 5) is 48.4. The number of anilines is 1. The molecule has 0 radical (unpaired) electrons. The number of H-pyrrole nitrogens is 2. The number of rotatable bonds is 7. The number of aliphatic carboxylic acids is 1. The molecular formula is C11H15N7O4. The van der Waals surface area contributed by atoms with Gasteiger partial charge >= 0.3 is 5.97 Å². The van der Waals surface area contributed by atoms with Crippen molar-refractivity contribution in [2.75, 3.05) is 31.5 Å². The van der Waals surface area contributed by atoms with Gasteiger partial charge in [-0.15, -0.1) is 0 Å². The van der Waals surface area contributed by atoms with Crippen molar-refractivity contribution >= 4 is 29.0 Å². The molecule has 0 saturated heterocycles. The molecule has 2 aromatic heterocycles. The Labute approximate surface area is 123 Å². The van der Waals surface area contributed by atoms with Gasteiger partial charge in [0, 0.05) is 13.1 Å². The Morgan fingerprint density at radius 2 is 2.23 bits per heavy atom. The average molecular weight is 309 g/mol. The first kappa shape index (κ1) is 15.4. The average Bonchev–Trinajstić information content (AvgIpc) is 2.93. The minimum absolute atomic E-state index is 0.0703. The molecule has 0 unspecified atom stereocenters. The normalized spacial score (nSPS) is 10.6. The van der Waals surface area contributed by atoms with Crippen molar-refractivity contribution in [2.24, 2.45) is 5.73 Å². The number of carbonyl (C=O) groups excluding carboxylic acids is 1. The van der Waals surface area contributed by atoms with E-state index in [2.05, 4.69) is 25.3 Å². The van der Waals surface area contributed by atoms with E-state index in [1.54, 1.807) is 0 Å². The van der Waals surface area contributed by atoms with Crippen LogP contribution in [0.5, 0.6) is 0 Å². The van der Waals surface area contributed by atoms with E-state index in [1.165, 1.54) is 6.33 Å². The number of aromatic nitrogens is 4. The standard InChI is InChI=1S/C11H15N7O4/c12-1-2-18(4-7(20)21)6(19)3-13-11-16-9-8(10(22)17-11)14-5-15-9/h5H,1-4,12H2,(H,20,21)(H3,13,14,15,16,17,22). The minimum Gasteiger partial charge on any atom is -0.480 e. The van der Waals surface area contributed by atoms with E-state index in [4.69, 9.17) is 10.8 Å². The van der Waals surface area contributed by atoms with Crippen LogP contribution in [0.3, 0.4) is 0 Å². The van der Waals surface area contributed by atoms with Gasteiger partial charge in [-0.3, -0.25) is 19.4 Å². The number of hydrogen-bond donors (Lipinski definition) is 5. The highest BCUT2D eigenvalue weighted by Gasteiger charge is 2.16. The smallest absolute Gasteiger partial charge is 0.323 e. The van der Waals surface area contributed by atoms with Crippen LogP contribution in [0, 0.1) is 0 Å². The van der Waals surface area contributed by atoms with E-state index in [1.807, 2.05) is 0 Å². The number of amides is 1. The number of aromatic amines is 2. The highest BCUT2D eigenvalue weighted by atomic mass is 16.4. The molecule has 0 atom stereocenters. The molecule has 2 aromatic rings. The van der Waals surface area contributed by atoms with Crippen molar-refractivity contribution in [2.45, 2.75) is 0 Å². The van der Waals surface area contributed by atoms with Gasteiger partial charge in [0.2, 0.25) is 11.9 Å². The fourth-order valence-corrected chi connectivity index (χ4v) is 1.81. The maximum Gasteiger partial charge on any atom is 0.323 e. The summed E-state index contributed by atoms with van der Waals surface area (Å²) in [6.45, 7) is -0.408. The molecule has 11 nitrogen and oxygen atoms in total. The van der Waals surface area contributed by atoms with E-state index in [-0.39, 0.29) is 36.7 Å². The lowest BCUT2D eigenvalue weighted by Crippen LogP contribution is -2.42. The van der Waals surface area contributed by atoms with Gasteiger partial charge in [0.1, 0.15) is 6.54 Å². The monoisotopic (exact) mass is 309 g/mol. The van der Waals surface area contributed by atoms with Crippen molar-refractivity contribution in [1.29, 1.82) is 0 Å². The van der Waals surface area contributed by atoms with Gasteiger partial charge in [-0.25, -0.2) is 4.98 Å². The molecule has 11 heteroatoms. The van der Waals surface area contributed by atoms with Crippen molar-refractivity contribution in [3.05, 3.63) is 16.7 Å². The molecule has 0 bridgehead atoms. The third-order valence-corrected chi connectivity index (χ3v) is 2.78. The first-order valence-corrected chi connectivity index (χ1v) is 6.38. The molecule has 22 heavy (non-hydrogen) atoms. The predicted molar refractivity (Wildman–Crippen MR) is 76.3 cm³/mol. The summed E-state index contributed by atoms with van der Waals surface area (Å²) in [5.41, 5.74) is 5.35. The van der Waals surface area contributed by atoms with Crippen LogP contribution in [0.25, 0.3) is 11.2 Å². The Hall–Kier alpha value is -2.95. The van der Waals surface area contributed by atoms with Crippen LogP contribution >= 0.6 is 0 Å². The Morgan fingerprint density at radius 1 is 1.45 bits per heavy atom. The fraction of sp³-hybridized carbons (Fsp3) is 0.364. The lowest BCUT2D eigenvalue weighted by atomic mass is 10.4. The van der Waals surface area contributed by atoms with E-state index in [0.717, 1.165) is 4.90 Å². The number of imidazole rings is 1. The molecule has 6 N–H and O–H groups in total. The molecule has 0 aliphatic heterocycles. The number of hydrogen-bond acceptors (Lipinski definition) is 7. The molecular weight excluding hydrogens is 294 g/mol. The van der Waals surface area contributed by atoms with Crippen LogP contribution in [0.4, 0.5) is 5.95 Å². The zero-order valence-electron chi connectivity index (χ0n) is 11.5. The topological polar surface area (TPSA) is 170 Å². The zero-order chi connectivity index (χ0) is 16.1. The number of nitrogens with two attached hydrogens (primary N) is 1. The van der Waals surface area contributed by atoms with Crippen LogP contribution in [0.2, 0.25) is 0 Å². The van der Waals surface area contributed by atoms with Crippen LogP contribution in [0.15, 0.2) is 11.1 Å². The van der Waals surface area contributed by atoms with Crippen LogP contribution in [-0.4, -0.2) is 68.0 Å². The number of carboxylic acids is 1. The molecule has 118 valence electrons. The second-order valence-electron chi connectivity index (χ2n) is 4.37. The van der Waals surface area contributed by atoms with Crippen molar-refractivity contribution in [3.63, 3.8) is 0 Å². The molecule has 0 aliphatic carbocycles. The number of fused-ring (bicyclic) bond motifs is 1. The van der Waals surface area contributed by atoms with E-state index < -0.39 is 24.0 Å². The summed E-state index contributed by atoms with van der Waals surface area (Å²) < 4.78 is 0. The van der Waals surface area contributed by atoms with Gasteiger partial charge in [0.15, 0.2) is 11.2 Å². The van der Waals surface area contributed by atoms with Crippen LogP contribution in [-0.2, 0) is 9.59 Å². The molecule has 2 rings (SSSR count). The second-order valence-corrected chi connectivity index (χ2v) is 4.37. The SMILES string of the molecule is NCCN(CC(=O)O)C(=O)CNc1nc2nc[nH]c2c(=O)[nH]1. The lowest BCUT2D eigenvalue weighted by Gasteiger charge is -2.19. The molecule has 2 heterocycles. The van der Waals surface area contributed by atoms with Crippen LogP contribution in [0.1, 0.15) is 0 Å². The first-order chi connectivity index (χ1) is 10.5. The molecule has 1 amide bonds. The maximum absolute atomic E-state index is 11.9. The van der Waals surface area contributed by atoms with Gasteiger partial charge in [0.25, 0.3) is 5.56 Å². The molecule has 0 aliphatic rings. The maximum atomic E-state index is 11.9. The van der Waals surface area contributed by atoms with E-state index in [0.29, 0.717) is 0 Å². The summed E-state index contributed by atoms with van der Waals surface area (Å²) in [5.74, 6) is -1.54. The van der Waals surface area contributed by atoms with Gasteiger partial charge in [-0.1, -0.05) is 0 Å². The number of carbonyl (C=O) groups is 2. The Morgan fingerprint density at radius 3 is 2.91 bits per heavy atom. The third kappa shape index (κ3) is 3.58. The molecule has 0 spiro atoms. The summed E-state index contributed by atoms with van der Waals surface area (Å²) in [6, 6.07) is 0. The van der Waals surface area contributed by atoms with Gasteiger partial charge in [0.05, 0.1) is 12.9 Å². The largest absolute Gasteiger partial charge is 0.480 e. The Bertz CT molecular complexity index is 737. The molecule has 0 fully saturated rings. The first-order valence-electron chi connectivity index (χ1n) is 6.38. The zero-order valence-corrected chi connectivity index (χ0v) is 11.5. The van der Waals surface area contributed by atoms with Crippen molar-refractivity contribution in [1.82, 2.24) is 24.8 Å². The Kier molecular flexibility index (Phi) is 4.68. The van der Waals surface area contributed by atoms with Gasteiger partial charge in [-0.05, 0) is 0 Å². The van der Waals surface area contributed by atoms with E-state index >= 15 is 0 Å². The quantitative estimate of drug-likeness (QED) is 0.388. The summed E-state index contributed by atoms with van der Waals surface area (Å²) in [5, 5.41) is 11.4. The van der Waals surface area contributed by atoms with E-state index in [9.17, 15) is 14.4 Å². The lowest BCUT2D eigenvalue weighted by molar-refractivity contribution is -0.143. The van der Waals surface area contributed by atoms with Gasteiger partial charge in [-0.2, -0.15) is 4.98 Å². The van der Waals surface area contributed by atoms with Crippen LogP contribution < -0.4 is 16.6 Å². The Balaban J connectivity index is 2.04. The molecule has 0 aromatic carbocycles. The van der Waals surface area contributed by atoms with Gasteiger partial charge < -0.3 is 26.0 Å². The summed E-state index contributed by atoms with van der Waals surface area (Å²) >= 11 is 0. The number of carboxylic acid groups (broad SMARTS) is 1. The number of nitrogens with zero attached hydrogens (tertiary/aromatic N) is 3. The summed E-state index contributed by atoms with van der Waals surface area (Å²) in [6.07, 6.45) is 1.33. The number of nitrogens with one attached hydrogen (secondary N) is 3. The second kappa shape index (κ2) is 6.67. The molecule has 0 saturated carbocycles. The van der Waals surface area contributed by atoms with Crippen molar-refractivity contribution in [3.8, 4) is 0 Å². The minimum atomic E-state index is -1.13. The predicted octanol–water partition coefficient (Wildman–Crippen LogP) is -2.07. The third-order valence-electron chi connectivity index (χ3n) is 2.78. The fourth-order valence-electron chi connectivity index (χ4n) is 1.81. The highest BCUT2D eigenvalue weighted by molar-refractivity contribution is 5.84.